The van der Waals surface area contributed by atoms with Crippen molar-refractivity contribution >= 4 is 29.1 Å². The van der Waals surface area contributed by atoms with Gasteiger partial charge >= 0.3 is 0 Å². The first-order valence-corrected chi connectivity index (χ1v) is 10.5. The fraction of sp³-hybridized carbons (Fsp3) is 0.522. The van der Waals surface area contributed by atoms with Crippen molar-refractivity contribution in [3.05, 3.63) is 34.9 Å². The van der Waals surface area contributed by atoms with E-state index < -0.39 is 0 Å². The Bertz CT molecular complexity index is 873. The number of carbonyl (C=O) groups excluding carboxylic acids is 1. The van der Waals surface area contributed by atoms with Gasteiger partial charge in [0.2, 0.25) is 5.91 Å². The van der Waals surface area contributed by atoms with Gasteiger partial charge in [-0.1, -0.05) is 0 Å². The Balaban J connectivity index is 0.000000755. The molecule has 6 nitrogen and oxygen atoms in total. The van der Waals surface area contributed by atoms with Crippen LogP contribution in [0.15, 0.2) is 18.2 Å². The maximum absolute atomic E-state index is 11.8. The SMILES string of the molecule is CNC(=O)C1CCC(CNc2cc(C)c3cc4c(cc3n2)CCC4)CC1.O=CO. The van der Waals surface area contributed by atoms with Crippen LogP contribution in [0.2, 0.25) is 0 Å². The third kappa shape index (κ3) is 5.05. The van der Waals surface area contributed by atoms with Crippen LogP contribution in [-0.2, 0) is 22.4 Å². The summed E-state index contributed by atoms with van der Waals surface area (Å²) in [7, 11) is 1.74. The number of fused-ring (bicyclic) bond motifs is 2. The third-order valence-corrected chi connectivity index (χ3v) is 6.26. The number of rotatable bonds is 4. The van der Waals surface area contributed by atoms with Crippen molar-refractivity contribution in [3.63, 3.8) is 0 Å². The third-order valence-electron chi connectivity index (χ3n) is 6.26. The first-order chi connectivity index (χ1) is 14.0. The number of carboxylic acid groups (broad SMARTS) is 1. The lowest BCUT2D eigenvalue weighted by Crippen LogP contribution is -2.32. The molecule has 0 bridgehead atoms. The molecule has 0 saturated heterocycles. The smallest absolute Gasteiger partial charge is 0.290 e. The summed E-state index contributed by atoms with van der Waals surface area (Å²) in [6, 6.07) is 6.83. The van der Waals surface area contributed by atoms with Crippen LogP contribution >= 0.6 is 0 Å². The molecule has 6 heteroatoms. The van der Waals surface area contributed by atoms with Crippen LogP contribution in [0.5, 0.6) is 0 Å². The summed E-state index contributed by atoms with van der Waals surface area (Å²) >= 11 is 0. The Hall–Kier alpha value is -2.63. The normalized spacial score (nSPS) is 20.3. The van der Waals surface area contributed by atoms with E-state index in [1.165, 1.54) is 41.3 Å². The van der Waals surface area contributed by atoms with Gasteiger partial charge < -0.3 is 15.7 Å². The highest BCUT2D eigenvalue weighted by Crippen LogP contribution is 2.31. The highest BCUT2D eigenvalue weighted by atomic mass is 16.3. The number of amides is 1. The van der Waals surface area contributed by atoms with Gasteiger partial charge in [0.25, 0.3) is 6.47 Å². The van der Waals surface area contributed by atoms with Crippen LogP contribution in [0.25, 0.3) is 10.9 Å². The van der Waals surface area contributed by atoms with Crippen molar-refractivity contribution in [1.29, 1.82) is 0 Å². The quantitative estimate of drug-likeness (QED) is 0.685. The second kappa shape index (κ2) is 9.72. The average molecular weight is 398 g/mol. The van der Waals surface area contributed by atoms with Crippen molar-refractivity contribution in [3.8, 4) is 0 Å². The number of anilines is 1. The molecule has 1 aromatic carbocycles. The van der Waals surface area contributed by atoms with E-state index in [-0.39, 0.29) is 18.3 Å². The minimum Gasteiger partial charge on any atom is -0.483 e. The summed E-state index contributed by atoms with van der Waals surface area (Å²) in [6.45, 7) is 2.88. The summed E-state index contributed by atoms with van der Waals surface area (Å²) in [5, 5.41) is 14.5. The number of nitrogens with zero attached hydrogens (tertiary/aromatic N) is 1. The minimum atomic E-state index is -0.250. The molecule has 0 spiro atoms. The number of aryl methyl sites for hydroxylation is 3. The van der Waals surface area contributed by atoms with E-state index >= 15 is 0 Å². The Kier molecular flexibility index (Phi) is 7.07. The predicted molar refractivity (Wildman–Crippen MR) is 115 cm³/mol. The molecule has 1 aromatic heterocycles. The number of aromatic nitrogens is 1. The monoisotopic (exact) mass is 397 g/mol. The summed E-state index contributed by atoms with van der Waals surface area (Å²) < 4.78 is 0. The largest absolute Gasteiger partial charge is 0.483 e. The Morgan fingerprint density at radius 1 is 1.17 bits per heavy atom. The standard InChI is InChI=1S/C22H29N3O.CH2O2/c1-14-10-21(24-13-15-6-8-16(9-7-15)22(26)23-2)25-20-12-18-5-3-4-17(18)11-19(14)20;2-1-3/h10-12,15-16H,3-9,13H2,1-2H3,(H,23,26)(H,24,25);1H,(H,2,3). The van der Waals surface area contributed by atoms with E-state index in [9.17, 15) is 4.79 Å². The van der Waals surface area contributed by atoms with Crippen molar-refractivity contribution in [1.82, 2.24) is 10.3 Å². The summed E-state index contributed by atoms with van der Waals surface area (Å²) in [4.78, 5) is 25.0. The zero-order valence-electron chi connectivity index (χ0n) is 17.3. The molecule has 29 heavy (non-hydrogen) atoms. The molecular weight excluding hydrogens is 366 g/mol. The molecule has 3 N–H and O–H groups in total. The lowest BCUT2D eigenvalue weighted by Gasteiger charge is -2.27. The summed E-state index contributed by atoms with van der Waals surface area (Å²) in [5.74, 6) is 2.03. The number of nitrogens with one attached hydrogen (secondary N) is 2. The maximum Gasteiger partial charge on any atom is 0.290 e. The Morgan fingerprint density at radius 3 is 2.48 bits per heavy atom. The van der Waals surface area contributed by atoms with Crippen LogP contribution in [0.3, 0.4) is 0 Å². The van der Waals surface area contributed by atoms with Crippen LogP contribution in [0, 0.1) is 18.8 Å². The van der Waals surface area contributed by atoms with Gasteiger partial charge in [0.1, 0.15) is 5.82 Å². The second-order valence-electron chi connectivity index (χ2n) is 8.13. The Labute approximate surface area is 172 Å². The molecular formula is C23H31N3O3. The maximum atomic E-state index is 11.8. The van der Waals surface area contributed by atoms with Crippen molar-refractivity contribution in [2.24, 2.45) is 11.8 Å². The molecule has 156 valence electrons. The molecule has 1 amide bonds. The van der Waals surface area contributed by atoms with Crippen LogP contribution in [0.1, 0.15) is 48.8 Å². The van der Waals surface area contributed by atoms with Crippen LogP contribution in [0.4, 0.5) is 5.82 Å². The topological polar surface area (TPSA) is 91.3 Å². The van der Waals surface area contributed by atoms with Crippen LogP contribution < -0.4 is 10.6 Å². The van der Waals surface area contributed by atoms with Gasteiger partial charge in [-0.25, -0.2) is 4.98 Å². The number of carbonyl (C=O) groups is 2. The van der Waals surface area contributed by atoms with Gasteiger partial charge in [-0.15, -0.1) is 0 Å². The van der Waals surface area contributed by atoms with Gasteiger partial charge in [0.15, 0.2) is 0 Å². The molecule has 0 unspecified atom stereocenters. The lowest BCUT2D eigenvalue weighted by atomic mass is 9.81. The fourth-order valence-electron chi connectivity index (χ4n) is 4.64. The van der Waals surface area contributed by atoms with E-state index in [1.807, 2.05) is 0 Å². The van der Waals surface area contributed by atoms with E-state index in [0.717, 1.165) is 43.6 Å². The van der Waals surface area contributed by atoms with Gasteiger partial charge in [-0.3, -0.25) is 9.59 Å². The zero-order chi connectivity index (χ0) is 20.8. The van der Waals surface area contributed by atoms with E-state index in [1.54, 1.807) is 7.05 Å². The first kappa shape index (κ1) is 21.1. The minimum absolute atomic E-state index is 0.204. The fourth-order valence-corrected chi connectivity index (χ4v) is 4.64. The molecule has 0 atom stereocenters. The summed E-state index contributed by atoms with van der Waals surface area (Å²) in [6.07, 6.45) is 7.91. The molecule has 4 rings (SSSR count). The van der Waals surface area contributed by atoms with Gasteiger partial charge in [-0.05, 0) is 92.7 Å². The second-order valence-corrected chi connectivity index (χ2v) is 8.13. The van der Waals surface area contributed by atoms with Crippen molar-refractivity contribution < 1.29 is 14.7 Å². The van der Waals surface area contributed by atoms with Gasteiger partial charge in [0.05, 0.1) is 5.52 Å². The molecule has 1 heterocycles. The van der Waals surface area contributed by atoms with Crippen LogP contribution in [-0.4, -0.2) is 36.1 Å². The predicted octanol–water partition coefficient (Wildman–Crippen LogP) is 3.70. The Morgan fingerprint density at radius 2 is 1.83 bits per heavy atom. The highest BCUT2D eigenvalue weighted by Gasteiger charge is 2.25. The molecule has 1 saturated carbocycles. The lowest BCUT2D eigenvalue weighted by molar-refractivity contribution is -0.125. The van der Waals surface area contributed by atoms with Crippen molar-refractivity contribution in [2.45, 2.75) is 51.9 Å². The number of benzene rings is 1. The molecule has 2 aromatic rings. The van der Waals surface area contributed by atoms with Gasteiger partial charge in [0, 0.05) is 24.9 Å². The van der Waals surface area contributed by atoms with E-state index in [0.29, 0.717) is 5.92 Å². The van der Waals surface area contributed by atoms with E-state index in [4.69, 9.17) is 14.9 Å². The molecule has 0 radical (unpaired) electrons. The molecule has 2 aliphatic rings. The number of hydrogen-bond acceptors (Lipinski definition) is 4. The summed E-state index contributed by atoms with van der Waals surface area (Å²) in [5.41, 5.74) is 5.41. The van der Waals surface area contributed by atoms with E-state index in [2.05, 4.69) is 35.8 Å². The van der Waals surface area contributed by atoms with Crippen molar-refractivity contribution in [2.75, 3.05) is 18.9 Å². The molecule has 0 aliphatic heterocycles. The molecule has 1 fully saturated rings. The average Bonchev–Trinajstić information content (AvgIpc) is 3.19. The highest BCUT2D eigenvalue weighted by molar-refractivity contribution is 5.85. The number of pyridine rings is 1. The zero-order valence-corrected chi connectivity index (χ0v) is 17.3. The number of hydrogen-bond donors (Lipinski definition) is 3. The molecule has 2 aliphatic carbocycles. The first-order valence-electron chi connectivity index (χ1n) is 10.5. The van der Waals surface area contributed by atoms with Gasteiger partial charge in [-0.2, -0.15) is 0 Å².